The lowest BCUT2D eigenvalue weighted by Gasteiger charge is -2.44. The summed E-state index contributed by atoms with van der Waals surface area (Å²) in [6, 6.07) is 14.8. The minimum Gasteiger partial charge on any atom is -0.457 e. The van der Waals surface area contributed by atoms with Gasteiger partial charge in [0.25, 0.3) is 0 Å². The number of nitrogens with two attached hydrogens (primary N) is 1. The third-order valence-electron chi connectivity index (χ3n) is 8.19. The van der Waals surface area contributed by atoms with Crippen LogP contribution >= 0.6 is 0 Å². The number of hydrogen-bond donors (Lipinski definition) is 4. The highest BCUT2D eigenvalue weighted by Crippen LogP contribution is 2.44. The maximum Gasteiger partial charge on any atom is 0.406 e. The molecule has 0 aromatic heterocycles. The van der Waals surface area contributed by atoms with E-state index < -0.39 is 17.8 Å². The van der Waals surface area contributed by atoms with Gasteiger partial charge in [0.15, 0.2) is 0 Å². The largest absolute Gasteiger partial charge is 0.457 e. The molecular formula is C30H41N3O6. The molecule has 9 heteroatoms. The lowest BCUT2D eigenvalue weighted by atomic mass is 9.73. The molecule has 5 atom stereocenters. The van der Waals surface area contributed by atoms with E-state index in [9.17, 15) is 19.8 Å². The molecule has 9 nitrogen and oxygen atoms in total. The van der Waals surface area contributed by atoms with Crippen molar-refractivity contribution >= 4 is 12.0 Å². The van der Waals surface area contributed by atoms with Crippen molar-refractivity contribution in [1.82, 2.24) is 10.2 Å². The molecule has 0 bridgehead atoms. The lowest BCUT2D eigenvalue weighted by Crippen LogP contribution is -2.49. The first kappa shape index (κ1) is 28.9. The van der Waals surface area contributed by atoms with Gasteiger partial charge in [-0.1, -0.05) is 36.4 Å². The number of piperidine rings is 1. The number of aliphatic hydroxyl groups is 2. The molecule has 5 N–H and O–H groups in total. The first-order chi connectivity index (χ1) is 18.7. The number of carbonyl (C=O) groups excluding carboxylic acids is 2. The van der Waals surface area contributed by atoms with Crippen LogP contribution in [0.3, 0.4) is 0 Å². The number of nitrogens with zero attached hydrogens (tertiary/aromatic N) is 1. The fraction of sp³-hybridized carbons (Fsp3) is 0.533. The molecule has 1 saturated heterocycles. The zero-order chi connectivity index (χ0) is 28.0. The molecule has 0 radical (unpaired) electrons. The Hall–Kier alpha value is -3.14. The van der Waals surface area contributed by atoms with Crippen molar-refractivity contribution in [2.45, 2.75) is 63.2 Å². The first-order valence-electron chi connectivity index (χ1n) is 13.8. The van der Waals surface area contributed by atoms with Gasteiger partial charge >= 0.3 is 6.09 Å². The highest BCUT2D eigenvalue weighted by Gasteiger charge is 2.44. The van der Waals surface area contributed by atoms with Crippen LogP contribution in [0, 0.1) is 18.8 Å². The minimum atomic E-state index is -1.32. The van der Waals surface area contributed by atoms with E-state index in [4.69, 9.17) is 10.5 Å². The van der Waals surface area contributed by atoms with Gasteiger partial charge in [-0.15, -0.1) is 0 Å². The van der Waals surface area contributed by atoms with E-state index >= 15 is 0 Å². The summed E-state index contributed by atoms with van der Waals surface area (Å²) >= 11 is 0. The van der Waals surface area contributed by atoms with Gasteiger partial charge in [0.1, 0.15) is 11.5 Å². The normalized spacial score (nSPS) is 24.6. The highest BCUT2D eigenvalue weighted by molar-refractivity contribution is 5.79. The predicted molar refractivity (Wildman–Crippen MR) is 147 cm³/mol. The van der Waals surface area contributed by atoms with Crippen molar-refractivity contribution < 1.29 is 29.3 Å². The van der Waals surface area contributed by atoms with Crippen molar-refractivity contribution in [1.29, 1.82) is 0 Å². The summed E-state index contributed by atoms with van der Waals surface area (Å²) in [6.07, 6.45) is 1.99. The number of likely N-dealkylation sites (tertiary alicyclic amines) is 1. The van der Waals surface area contributed by atoms with Crippen LogP contribution in [-0.4, -0.2) is 66.0 Å². The Morgan fingerprint density at radius 3 is 2.54 bits per heavy atom. The van der Waals surface area contributed by atoms with E-state index in [1.54, 1.807) is 0 Å². The maximum absolute atomic E-state index is 13.4. The predicted octanol–water partition coefficient (Wildman–Crippen LogP) is 3.45. The summed E-state index contributed by atoms with van der Waals surface area (Å²) in [6.45, 7) is 3.31. The Labute approximate surface area is 230 Å². The van der Waals surface area contributed by atoms with E-state index in [2.05, 4.69) is 10.1 Å². The quantitative estimate of drug-likeness (QED) is 0.359. The van der Waals surface area contributed by atoms with Crippen LogP contribution in [-0.2, 0) is 15.1 Å². The van der Waals surface area contributed by atoms with Gasteiger partial charge in [0, 0.05) is 43.1 Å². The van der Waals surface area contributed by atoms with Gasteiger partial charge in [-0.3, -0.25) is 4.79 Å². The Morgan fingerprint density at radius 2 is 1.85 bits per heavy atom. The summed E-state index contributed by atoms with van der Waals surface area (Å²) in [4.78, 5) is 26.8. The second kappa shape index (κ2) is 12.8. The fourth-order valence-corrected chi connectivity index (χ4v) is 5.96. The number of alkyl carbamates (subject to hydrolysis) is 1. The molecule has 4 rings (SSSR count). The molecule has 2 aromatic rings. The molecule has 2 aliphatic rings. The average molecular weight is 540 g/mol. The summed E-state index contributed by atoms with van der Waals surface area (Å²) in [7, 11) is 1.31. The molecule has 1 unspecified atom stereocenters. The number of carbonyl (C=O) groups is 2. The summed E-state index contributed by atoms with van der Waals surface area (Å²) in [5, 5.41) is 25.3. The topological polar surface area (TPSA) is 134 Å². The van der Waals surface area contributed by atoms with E-state index in [1.807, 2.05) is 60.4 Å². The van der Waals surface area contributed by atoms with Gasteiger partial charge in [-0.05, 0) is 63.1 Å². The SMILES string of the molecule is COC(=O)NCCCC(O)(c1ccccc1Oc1ccccc1C)[C@@H]1CCCN(C(=O)[C@H]2C[C@@H](N)[C@@H](O)C2)C1. The number of nitrogens with one attached hydrogen (secondary N) is 1. The third kappa shape index (κ3) is 6.72. The molecule has 0 spiro atoms. The zero-order valence-electron chi connectivity index (χ0n) is 22.8. The van der Waals surface area contributed by atoms with Crippen molar-refractivity contribution in [3.63, 3.8) is 0 Å². The average Bonchev–Trinajstić information content (AvgIpc) is 3.29. The van der Waals surface area contributed by atoms with Crippen molar-refractivity contribution in [2.75, 3.05) is 26.7 Å². The van der Waals surface area contributed by atoms with Gasteiger partial charge in [0.2, 0.25) is 5.91 Å². The number of rotatable bonds is 9. The monoisotopic (exact) mass is 539 g/mol. The van der Waals surface area contributed by atoms with Crippen LogP contribution in [0.15, 0.2) is 48.5 Å². The number of amides is 2. The van der Waals surface area contributed by atoms with Crippen molar-refractivity contribution in [3.05, 3.63) is 59.7 Å². The molecule has 39 heavy (non-hydrogen) atoms. The lowest BCUT2D eigenvalue weighted by molar-refractivity contribution is -0.141. The van der Waals surface area contributed by atoms with Gasteiger partial charge in [-0.2, -0.15) is 0 Å². The Kier molecular flexibility index (Phi) is 9.48. The third-order valence-corrected chi connectivity index (χ3v) is 8.19. The van der Waals surface area contributed by atoms with Crippen LogP contribution < -0.4 is 15.8 Å². The molecule has 1 aliphatic heterocycles. The molecule has 1 aliphatic carbocycles. The van der Waals surface area contributed by atoms with Crippen LogP contribution in [0.2, 0.25) is 0 Å². The Balaban J connectivity index is 1.60. The molecule has 2 fully saturated rings. The highest BCUT2D eigenvalue weighted by atomic mass is 16.5. The van der Waals surface area contributed by atoms with E-state index in [0.29, 0.717) is 62.4 Å². The molecule has 1 heterocycles. The minimum absolute atomic E-state index is 0.00847. The molecule has 212 valence electrons. The maximum atomic E-state index is 13.4. The zero-order valence-corrected chi connectivity index (χ0v) is 22.8. The first-order valence-corrected chi connectivity index (χ1v) is 13.8. The van der Waals surface area contributed by atoms with Crippen LogP contribution in [0.25, 0.3) is 0 Å². The van der Waals surface area contributed by atoms with Gasteiger partial charge < -0.3 is 35.6 Å². The Morgan fingerprint density at radius 1 is 1.13 bits per heavy atom. The number of methoxy groups -OCH3 is 1. The number of ether oxygens (including phenoxy) is 2. The number of aliphatic hydroxyl groups excluding tert-OH is 1. The van der Waals surface area contributed by atoms with E-state index in [1.165, 1.54) is 7.11 Å². The number of benzene rings is 2. The summed E-state index contributed by atoms with van der Waals surface area (Å²) in [5.41, 5.74) is 6.30. The number of para-hydroxylation sites is 2. The Bertz CT molecular complexity index is 1130. The molecule has 2 amide bonds. The second-order valence-corrected chi connectivity index (χ2v) is 10.8. The second-order valence-electron chi connectivity index (χ2n) is 10.8. The number of hydrogen-bond acceptors (Lipinski definition) is 7. The van der Waals surface area contributed by atoms with Gasteiger partial charge in [-0.25, -0.2) is 4.79 Å². The fourth-order valence-electron chi connectivity index (χ4n) is 5.96. The van der Waals surface area contributed by atoms with E-state index in [0.717, 1.165) is 18.4 Å². The summed E-state index contributed by atoms with van der Waals surface area (Å²) in [5.74, 6) is 0.698. The molecule has 2 aromatic carbocycles. The van der Waals surface area contributed by atoms with E-state index in [-0.39, 0.29) is 23.8 Å². The van der Waals surface area contributed by atoms with Crippen LogP contribution in [0.4, 0.5) is 4.79 Å². The van der Waals surface area contributed by atoms with Crippen molar-refractivity contribution in [3.8, 4) is 11.5 Å². The smallest absolute Gasteiger partial charge is 0.406 e. The van der Waals surface area contributed by atoms with Crippen LogP contribution in [0.5, 0.6) is 11.5 Å². The van der Waals surface area contributed by atoms with Crippen molar-refractivity contribution in [2.24, 2.45) is 17.6 Å². The molecule has 1 saturated carbocycles. The standard InChI is InChI=1S/C30H41N3O6/c1-20-9-3-5-12-26(20)39-27-13-6-4-11-23(27)30(37,14-8-15-32-29(36)38-2)22-10-7-16-33(19-22)28(35)21-17-24(31)25(34)18-21/h3-6,9,11-13,21-22,24-25,34,37H,7-8,10,14-19,31H2,1-2H3,(H,32,36)/t21-,22+,24+,25-,30?/m0/s1. The molecular weight excluding hydrogens is 498 g/mol. The van der Waals surface area contributed by atoms with Crippen LogP contribution in [0.1, 0.15) is 49.7 Å². The van der Waals surface area contributed by atoms with Gasteiger partial charge in [0.05, 0.1) is 18.8 Å². The number of aryl methyl sites for hydroxylation is 1. The summed E-state index contributed by atoms with van der Waals surface area (Å²) < 4.78 is 11.0.